The first kappa shape index (κ1) is 14.9. The van der Waals surface area contributed by atoms with Crippen LogP contribution in [-0.4, -0.2) is 23.1 Å². The van der Waals surface area contributed by atoms with Crippen LogP contribution in [0.3, 0.4) is 0 Å². The lowest BCUT2D eigenvalue weighted by atomic mass is 9.49. The molecule has 2 amide bonds. The number of hydrogen-bond acceptors (Lipinski definition) is 3. The number of pyridine rings is 1. The third-order valence-electron chi connectivity index (χ3n) is 6.48. The van der Waals surface area contributed by atoms with Crippen LogP contribution in [0.2, 0.25) is 0 Å². The summed E-state index contributed by atoms with van der Waals surface area (Å²) in [4.78, 5) is 16.3. The minimum atomic E-state index is -0.210. The van der Waals surface area contributed by atoms with Crippen LogP contribution in [0.5, 0.6) is 0 Å². The number of aryl methyl sites for hydroxylation is 1. The van der Waals surface area contributed by atoms with Crippen LogP contribution in [-0.2, 0) is 0 Å². The molecule has 0 spiro atoms. The Morgan fingerprint density at radius 3 is 2.52 bits per heavy atom. The predicted molar refractivity (Wildman–Crippen MR) is 90.0 cm³/mol. The van der Waals surface area contributed by atoms with E-state index in [4.69, 9.17) is 5.73 Å². The molecule has 0 radical (unpaired) electrons. The molecule has 0 aliphatic heterocycles. The average molecular weight is 314 g/mol. The van der Waals surface area contributed by atoms with Crippen molar-refractivity contribution in [3.8, 4) is 0 Å². The summed E-state index contributed by atoms with van der Waals surface area (Å²) in [5, 5.41) is 5.94. The summed E-state index contributed by atoms with van der Waals surface area (Å²) in [7, 11) is 0. The molecule has 0 saturated heterocycles. The number of anilines is 1. The van der Waals surface area contributed by atoms with Crippen molar-refractivity contribution in [3.05, 3.63) is 24.0 Å². The summed E-state index contributed by atoms with van der Waals surface area (Å²) >= 11 is 0. The second kappa shape index (κ2) is 5.48. The monoisotopic (exact) mass is 314 g/mol. The van der Waals surface area contributed by atoms with E-state index in [1.807, 2.05) is 13.0 Å². The van der Waals surface area contributed by atoms with Gasteiger partial charge >= 0.3 is 6.03 Å². The number of amides is 2. The summed E-state index contributed by atoms with van der Waals surface area (Å²) in [5.41, 5.74) is 8.36. The molecule has 5 heteroatoms. The topological polar surface area (TPSA) is 80.0 Å². The van der Waals surface area contributed by atoms with Gasteiger partial charge in [0.05, 0.1) is 0 Å². The van der Waals surface area contributed by atoms with Gasteiger partial charge in [-0.3, -0.25) is 4.98 Å². The van der Waals surface area contributed by atoms with Gasteiger partial charge in [0.15, 0.2) is 0 Å². The molecule has 5 rings (SSSR count). The van der Waals surface area contributed by atoms with E-state index in [1.54, 1.807) is 12.4 Å². The van der Waals surface area contributed by atoms with Crippen LogP contribution < -0.4 is 16.4 Å². The van der Waals surface area contributed by atoms with Gasteiger partial charge in [-0.15, -0.1) is 0 Å². The van der Waals surface area contributed by atoms with E-state index in [0.717, 1.165) is 23.1 Å². The van der Waals surface area contributed by atoms with Crippen molar-refractivity contribution in [2.24, 2.45) is 29.4 Å². The van der Waals surface area contributed by atoms with Gasteiger partial charge in [-0.2, -0.15) is 0 Å². The van der Waals surface area contributed by atoms with E-state index in [1.165, 1.54) is 32.1 Å². The first-order valence-electron chi connectivity index (χ1n) is 8.79. The second-order valence-corrected chi connectivity index (χ2v) is 7.92. The maximum Gasteiger partial charge on any atom is 0.319 e. The van der Waals surface area contributed by atoms with Gasteiger partial charge in [0.2, 0.25) is 0 Å². The molecule has 4 fully saturated rings. The SMILES string of the molecule is Cc1cnccc1NC(=O)NCC1(N)C2CC3CC(C2)CC1C3. The molecule has 5 nitrogen and oxygen atoms in total. The zero-order valence-corrected chi connectivity index (χ0v) is 13.7. The highest BCUT2D eigenvalue weighted by Crippen LogP contribution is 2.57. The number of urea groups is 1. The largest absolute Gasteiger partial charge is 0.336 e. The molecule has 1 aromatic heterocycles. The number of carbonyl (C=O) groups is 1. The lowest BCUT2D eigenvalue weighted by Gasteiger charge is -2.59. The zero-order valence-electron chi connectivity index (χ0n) is 13.7. The molecule has 0 atom stereocenters. The summed E-state index contributed by atoms with van der Waals surface area (Å²) in [6.07, 6.45) is 9.89. The minimum absolute atomic E-state index is 0.169. The van der Waals surface area contributed by atoms with Crippen molar-refractivity contribution in [1.82, 2.24) is 10.3 Å². The van der Waals surface area contributed by atoms with Gasteiger partial charge in [-0.1, -0.05) is 0 Å². The van der Waals surface area contributed by atoms with Gasteiger partial charge in [0.25, 0.3) is 0 Å². The van der Waals surface area contributed by atoms with Crippen molar-refractivity contribution in [3.63, 3.8) is 0 Å². The van der Waals surface area contributed by atoms with Gasteiger partial charge in [-0.25, -0.2) is 4.79 Å². The Labute approximate surface area is 137 Å². The number of nitrogens with zero attached hydrogens (tertiary/aromatic N) is 1. The molecule has 4 bridgehead atoms. The number of hydrogen-bond donors (Lipinski definition) is 3. The van der Waals surface area contributed by atoms with Crippen molar-refractivity contribution in [2.75, 3.05) is 11.9 Å². The fourth-order valence-electron chi connectivity index (χ4n) is 5.36. The summed E-state index contributed by atoms with van der Waals surface area (Å²) < 4.78 is 0. The molecular weight excluding hydrogens is 288 g/mol. The second-order valence-electron chi connectivity index (χ2n) is 7.92. The Morgan fingerprint density at radius 2 is 1.91 bits per heavy atom. The average Bonchev–Trinajstić information content (AvgIpc) is 2.52. The summed E-state index contributed by atoms with van der Waals surface area (Å²) in [5.74, 6) is 2.95. The van der Waals surface area contributed by atoms with Crippen LogP contribution in [0.1, 0.15) is 37.7 Å². The zero-order chi connectivity index (χ0) is 16.0. The highest BCUT2D eigenvalue weighted by molar-refractivity contribution is 5.89. The van der Waals surface area contributed by atoms with Crippen LogP contribution in [0.4, 0.5) is 10.5 Å². The molecule has 1 heterocycles. The Morgan fingerprint density at radius 1 is 1.26 bits per heavy atom. The van der Waals surface area contributed by atoms with Gasteiger partial charge < -0.3 is 16.4 Å². The predicted octanol–water partition coefficient (Wildman–Crippen LogP) is 2.67. The lowest BCUT2D eigenvalue weighted by molar-refractivity contribution is -0.0528. The first-order chi connectivity index (χ1) is 11.0. The van der Waals surface area contributed by atoms with Crippen LogP contribution in [0, 0.1) is 30.6 Å². The smallest absolute Gasteiger partial charge is 0.319 e. The molecule has 0 aromatic carbocycles. The molecule has 1 aromatic rings. The Kier molecular flexibility index (Phi) is 3.56. The van der Waals surface area contributed by atoms with Crippen molar-refractivity contribution in [2.45, 2.75) is 44.6 Å². The van der Waals surface area contributed by atoms with Crippen LogP contribution >= 0.6 is 0 Å². The van der Waals surface area contributed by atoms with E-state index in [-0.39, 0.29) is 11.6 Å². The highest BCUT2D eigenvalue weighted by atomic mass is 16.2. The molecular formula is C18H26N4O. The van der Waals surface area contributed by atoms with Crippen molar-refractivity contribution in [1.29, 1.82) is 0 Å². The Bertz CT molecular complexity index is 587. The molecule has 4 aliphatic rings. The van der Waals surface area contributed by atoms with E-state index in [9.17, 15) is 4.79 Å². The van der Waals surface area contributed by atoms with Crippen molar-refractivity contribution >= 4 is 11.7 Å². The molecule has 23 heavy (non-hydrogen) atoms. The molecule has 0 unspecified atom stereocenters. The normalized spacial score (nSPS) is 37.7. The standard InChI is InChI=1S/C18H26N4O/c1-11-9-20-3-2-16(11)22-17(23)21-10-18(19)14-5-12-4-13(7-14)8-15(18)6-12/h2-3,9,12-15H,4-8,10,19H2,1H3,(H2,20,21,22,23). The third-order valence-corrected chi connectivity index (χ3v) is 6.48. The molecule has 124 valence electrons. The fraction of sp³-hybridized carbons (Fsp3) is 0.667. The number of carbonyl (C=O) groups excluding carboxylic acids is 1. The number of nitrogens with two attached hydrogens (primary N) is 1. The number of aromatic nitrogens is 1. The van der Waals surface area contributed by atoms with E-state index in [2.05, 4.69) is 15.6 Å². The maximum absolute atomic E-state index is 12.2. The Hall–Kier alpha value is -1.62. The summed E-state index contributed by atoms with van der Waals surface area (Å²) in [6.45, 7) is 2.52. The summed E-state index contributed by atoms with van der Waals surface area (Å²) in [6, 6.07) is 1.65. The Balaban J connectivity index is 1.39. The number of nitrogens with one attached hydrogen (secondary N) is 2. The quantitative estimate of drug-likeness (QED) is 0.802. The molecule has 4 saturated carbocycles. The van der Waals surface area contributed by atoms with E-state index >= 15 is 0 Å². The van der Waals surface area contributed by atoms with Crippen LogP contribution in [0.15, 0.2) is 18.5 Å². The highest BCUT2D eigenvalue weighted by Gasteiger charge is 2.55. The minimum Gasteiger partial charge on any atom is -0.336 e. The maximum atomic E-state index is 12.2. The number of rotatable bonds is 3. The molecule has 4 aliphatic carbocycles. The molecule has 4 N–H and O–H groups in total. The van der Waals surface area contributed by atoms with E-state index in [0.29, 0.717) is 18.4 Å². The van der Waals surface area contributed by atoms with Crippen molar-refractivity contribution < 1.29 is 4.79 Å². The third kappa shape index (κ3) is 2.61. The lowest BCUT2D eigenvalue weighted by Crippen LogP contribution is -2.67. The van der Waals surface area contributed by atoms with Gasteiger partial charge in [0, 0.05) is 30.2 Å². The van der Waals surface area contributed by atoms with Gasteiger partial charge in [0.1, 0.15) is 0 Å². The first-order valence-corrected chi connectivity index (χ1v) is 8.79. The van der Waals surface area contributed by atoms with Gasteiger partial charge in [-0.05, 0) is 74.3 Å². The van der Waals surface area contributed by atoms with E-state index < -0.39 is 0 Å². The fourth-order valence-corrected chi connectivity index (χ4v) is 5.36. The van der Waals surface area contributed by atoms with Crippen LogP contribution in [0.25, 0.3) is 0 Å².